The normalized spacial score (nSPS) is 24.7. The number of fused-ring (bicyclic) bond motifs is 2. The topological polar surface area (TPSA) is 46.9 Å². The Hall–Kier alpha value is -2.24. The van der Waals surface area contributed by atoms with Crippen molar-refractivity contribution in [3.63, 3.8) is 0 Å². The van der Waals surface area contributed by atoms with E-state index in [1.54, 1.807) is 10.7 Å². The molecule has 2 fully saturated rings. The number of aromatic nitrogens is 2. The van der Waals surface area contributed by atoms with Crippen molar-refractivity contribution < 1.29 is 13.6 Å². The first-order chi connectivity index (χ1) is 12.0. The second-order valence-corrected chi connectivity index (χ2v) is 7.11. The van der Waals surface area contributed by atoms with Gasteiger partial charge in [0.2, 0.25) is 0 Å². The van der Waals surface area contributed by atoms with Gasteiger partial charge in [-0.2, -0.15) is 5.10 Å². The minimum Gasteiger partial charge on any atom is -0.348 e. The molecule has 1 aromatic carbocycles. The number of benzene rings is 1. The van der Waals surface area contributed by atoms with Crippen LogP contribution < -0.4 is 5.32 Å². The Morgan fingerprint density at radius 1 is 1.24 bits per heavy atom. The minimum absolute atomic E-state index is 0.186. The molecule has 4 nitrogen and oxygen atoms in total. The average Bonchev–Trinajstić information content (AvgIpc) is 3.31. The highest BCUT2D eigenvalue weighted by molar-refractivity contribution is 5.93. The van der Waals surface area contributed by atoms with Gasteiger partial charge in [-0.1, -0.05) is 6.42 Å². The number of amides is 1. The molecule has 0 saturated heterocycles. The van der Waals surface area contributed by atoms with Gasteiger partial charge in [0.15, 0.2) is 17.3 Å². The van der Waals surface area contributed by atoms with Crippen molar-refractivity contribution in [3.05, 3.63) is 41.6 Å². The molecule has 0 radical (unpaired) electrons. The maximum Gasteiger partial charge on any atom is 0.272 e. The van der Waals surface area contributed by atoms with E-state index in [1.165, 1.54) is 25.3 Å². The number of nitrogens with one attached hydrogen (secondary N) is 1. The van der Waals surface area contributed by atoms with Gasteiger partial charge in [0.1, 0.15) is 0 Å². The Labute approximate surface area is 145 Å². The SMILES string of the molecule is CCn1nc(C(=O)N[C@H]2C[C@H]3CC[C@H]2C3)cc1-c1ccc(F)c(F)c1. The van der Waals surface area contributed by atoms with Gasteiger partial charge in [-0.25, -0.2) is 8.78 Å². The molecule has 4 rings (SSSR count). The van der Waals surface area contributed by atoms with Crippen LogP contribution in [0.2, 0.25) is 0 Å². The highest BCUT2D eigenvalue weighted by atomic mass is 19.2. The Kier molecular flexibility index (Phi) is 4.06. The number of aryl methyl sites for hydroxylation is 1. The zero-order valence-electron chi connectivity index (χ0n) is 14.1. The summed E-state index contributed by atoms with van der Waals surface area (Å²) in [5, 5.41) is 7.46. The van der Waals surface area contributed by atoms with Crippen LogP contribution in [0.1, 0.15) is 43.1 Å². The van der Waals surface area contributed by atoms with Crippen LogP contribution in [0.5, 0.6) is 0 Å². The van der Waals surface area contributed by atoms with Gasteiger partial charge in [0.25, 0.3) is 5.91 Å². The predicted molar refractivity (Wildman–Crippen MR) is 90.0 cm³/mol. The number of carbonyl (C=O) groups is 1. The molecule has 2 aliphatic carbocycles. The lowest BCUT2D eigenvalue weighted by Crippen LogP contribution is -2.38. The Balaban J connectivity index is 1.57. The molecule has 2 bridgehead atoms. The summed E-state index contributed by atoms with van der Waals surface area (Å²) in [7, 11) is 0. The number of nitrogens with zero attached hydrogens (tertiary/aromatic N) is 2. The van der Waals surface area contributed by atoms with Crippen LogP contribution in [-0.4, -0.2) is 21.7 Å². The summed E-state index contributed by atoms with van der Waals surface area (Å²) in [5.74, 6) is -0.641. The van der Waals surface area contributed by atoms with E-state index in [0.717, 1.165) is 24.5 Å². The van der Waals surface area contributed by atoms with Crippen LogP contribution in [0, 0.1) is 23.5 Å². The molecule has 0 aliphatic heterocycles. The van der Waals surface area contributed by atoms with E-state index in [0.29, 0.717) is 29.4 Å². The molecule has 6 heteroatoms. The molecule has 132 valence electrons. The fourth-order valence-corrected chi connectivity index (χ4v) is 4.32. The molecule has 1 aromatic heterocycles. The summed E-state index contributed by atoms with van der Waals surface area (Å²) in [6.45, 7) is 2.43. The Morgan fingerprint density at radius 2 is 2.08 bits per heavy atom. The second kappa shape index (κ2) is 6.24. The highest BCUT2D eigenvalue weighted by Crippen LogP contribution is 2.44. The maximum absolute atomic E-state index is 13.5. The number of carbonyl (C=O) groups excluding carboxylic acids is 1. The van der Waals surface area contributed by atoms with Gasteiger partial charge >= 0.3 is 0 Å². The third kappa shape index (κ3) is 2.94. The molecule has 2 aromatic rings. The Morgan fingerprint density at radius 3 is 2.72 bits per heavy atom. The largest absolute Gasteiger partial charge is 0.348 e. The molecule has 1 heterocycles. The number of hydrogen-bond donors (Lipinski definition) is 1. The third-order valence-electron chi connectivity index (χ3n) is 5.58. The van der Waals surface area contributed by atoms with Gasteiger partial charge in [-0.3, -0.25) is 9.48 Å². The van der Waals surface area contributed by atoms with Crippen LogP contribution in [0.3, 0.4) is 0 Å². The smallest absolute Gasteiger partial charge is 0.272 e. The molecule has 3 atom stereocenters. The highest BCUT2D eigenvalue weighted by Gasteiger charge is 2.40. The summed E-state index contributed by atoms with van der Waals surface area (Å²) in [6.07, 6.45) is 4.75. The van der Waals surface area contributed by atoms with Crippen LogP contribution in [0.25, 0.3) is 11.3 Å². The van der Waals surface area contributed by atoms with E-state index in [4.69, 9.17) is 0 Å². The molecule has 25 heavy (non-hydrogen) atoms. The van der Waals surface area contributed by atoms with Crippen LogP contribution in [-0.2, 0) is 6.54 Å². The molecule has 2 aliphatic rings. The predicted octanol–water partition coefficient (Wildman–Crippen LogP) is 3.77. The summed E-state index contributed by atoms with van der Waals surface area (Å²) in [6, 6.07) is 5.62. The zero-order chi connectivity index (χ0) is 17.6. The van der Waals surface area contributed by atoms with Gasteiger partial charge in [-0.05, 0) is 62.3 Å². The lowest BCUT2D eigenvalue weighted by molar-refractivity contribution is 0.0917. The number of rotatable bonds is 4. The second-order valence-electron chi connectivity index (χ2n) is 7.11. The van der Waals surface area contributed by atoms with Crippen molar-refractivity contribution in [3.8, 4) is 11.3 Å². The number of halogens is 2. The molecule has 1 N–H and O–H groups in total. The van der Waals surface area contributed by atoms with Crippen molar-refractivity contribution in [2.75, 3.05) is 0 Å². The fourth-order valence-electron chi connectivity index (χ4n) is 4.32. The van der Waals surface area contributed by atoms with E-state index in [1.807, 2.05) is 6.92 Å². The molecular weight excluding hydrogens is 324 g/mol. The van der Waals surface area contributed by atoms with E-state index in [9.17, 15) is 13.6 Å². The van der Waals surface area contributed by atoms with Crippen molar-refractivity contribution in [2.45, 2.75) is 45.2 Å². The van der Waals surface area contributed by atoms with E-state index in [2.05, 4.69) is 10.4 Å². The van der Waals surface area contributed by atoms with E-state index >= 15 is 0 Å². The van der Waals surface area contributed by atoms with Gasteiger partial charge in [-0.15, -0.1) is 0 Å². The van der Waals surface area contributed by atoms with Gasteiger partial charge in [0, 0.05) is 18.2 Å². The molecule has 1 amide bonds. The van der Waals surface area contributed by atoms with Crippen molar-refractivity contribution in [1.29, 1.82) is 0 Å². The quantitative estimate of drug-likeness (QED) is 0.917. The first-order valence-corrected chi connectivity index (χ1v) is 8.89. The summed E-state index contributed by atoms with van der Waals surface area (Å²) in [5.41, 5.74) is 1.44. The van der Waals surface area contributed by atoms with Crippen LogP contribution in [0.4, 0.5) is 8.78 Å². The van der Waals surface area contributed by atoms with Crippen molar-refractivity contribution in [2.24, 2.45) is 11.8 Å². The monoisotopic (exact) mass is 345 g/mol. The summed E-state index contributed by atoms with van der Waals surface area (Å²) in [4.78, 5) is 12.6. The van der Waals surface area contributed by atoms with Crippen molar-refractivity contribution in [1.82, 2.24) is 15.1 Å². The molecule has 0 spiro atoms. The first kappa shape index (κ1) is 16.2. The maximum atomic E-state index is 13.5. The molecule has 2 saturated carbocycles. The Bertz CT molecular complexity index is 817. The zero-order valence-corrected chi connectivity index (χ0v) is 14.1. The van der Waals surface area contributed by atoms with Crippen LogP contribution >= 0.6 is 0 Å². The molecule has 0 unspecified atom stereocenters. The van der Waals surface area contributed by atoms with Crippen molar-refractivity contribution >= 4 is 5.91 Å². The number of hydrogen-bond acceptors (Lipinski definition) is 2. The lowest BCUT2D eigenvalue weighted by Gasteiger charge is -2.22. The third-order valence-corrected chi connectivity index (χ3v) is 5.58. The first-order valence-electron chi connectivity index (χ1n) is 8.89. The van der Waals surface area contributed by atoms with E-state index in [-0.39, 0.29) is 11.9 Å². The summed E-state index contributed by atoms with van der Waals surface area (Å²) < 4.78 is 28.3. The van der Waals surface area contributed by atoms with E-state index < -0.39 is 11.6 Å². The minimum atomic E-state index is -0.908. The van der Waals surface area contributed by atoms with Gasteiger partial charge in [0.05, 0.1) is 5.69 Å². The summed E-state index contributed by atoms with van der Waals surface area (Å²) >= 11 is 0. The average molecular weight is 345 g/mol. The van der Waals surface area contributed by atoms with Gasteiger partial charge < -0.3 is 5.32 Å². The molecular formula is C19H21F2N3O. The fraction of sp³-hybridized carbons (Fsp3) is 0.474. The standard InChI is InChI=1S/C19H21F2N3O/c1-2-24-18(13-5-6-14(20)15(21)9-13)10-17(23-24)19(25)22-16-8-11-3-4-12(16)7-11/h5-6,9-12,16H,2-4,7-8H2,1H3,(H,22,25)/t11-,12-,16-/m0/s1. The van der Waals surface area contributed by atoms with Crippen LogP contribution in [0.15, 0.2) is 24.3 Å². The lowest BCUT2D eigenvalue weighted by atomic mass is 9.95.